The molecular formula is C16H17ClN4O2S. The van der Waals surface area contributed by atoms with Crippen LogP contribution in [0.1, 0.15) is 32.6 Å². The van der Waals surface area contributed by atoms with Gasteiger partial charge >= 0.3 is 0 Å². The van der Waals surface area contributed by atoms with Crippen LogP contribution >= 0.6 is 23.1 Å². The van der Waals surface area contributed by atoms with Crippen LogP contribution in [0.15, 0.2) is 24.3 Å². The first-order chi connectivity index (χ1) is 11.6. The van der Waals surface area contributed by atoms with Crippen LogP contribution < -0.4 is 0 Å². The van der Waals surface area contributed by atoms with Crippen molar-refractivity contribution in [3.63, 3.8) is 0 Å². The largest absolute Gasteiger partial charge is 0.335 e. The molecule has 0 radical (unpaired) electrons. The Labute approximate surface area is 149 Å². The van der Waals surface area contributed by atoms with Gasteiger partial charge in [0.05, 0.1) is 5.69 Å². The van der Waals surface area contributed by atoms with Gasteiger partial charge < -0.3 is 9.80 Å². The number of rotatable bonds is 3. The second kappa shape index (κ2) is 7.27. The third-order valence-corrected chi connectivity index (χ3v) is 5.00. The van der Waals surface area contributed by atoms with Gasteiger partial charge in [0.2, 0.25) is 0 Å². The van der Waals surface area contributed by atoms with Crippen molar-refractivity contribution in [2.45, 2.75) is 13.3 Å². The molecule has 0 N–H and O–H groups in total. The van der Waals surface area contributed by atoms with Gasteiger partial charge in [-0.3, -0.25) is 9.59 Å². The van der Waals surface area contributed by atoms with Gasteiger partial charge in [-0.15, -0.1) is 5.10 Å². The van der Waals surface area contributed by atoms with E-state index in [1.54, 1.807) is 34.1 Å². The van der Waals surface area contributed by atoms with Crippen LogP contribution in [0.2, 0.25) is 5.02 Å². The summed E-state index contributed by atoms with van der Waals surface area (Å²) < 4.78 is 3.87. The molecule has 0 bridgehead atoms. The average molecular weight is 365 g/mol. The van der Waals surface area contributed by atoms with E-state index in [1.807, 2.05) is 6.92 Å². The molecule has 1 aliphatic heterocycles. The zero-order chi connectivity index (χ0) is 17.1. The first kappa shape index (κ1) is 16.9. The molecule has 1 saturated heterocycles. The summed E-state index contributed by atoms with van der Waals surface area (Å²) in [5.74, 6) is -0.102. The fourth-order valence-corrected chi connectivity index (χ4v) is 3.57. The summed E-state index contributed by atoms with van der Waals surface area (Å²) in [5, 5.41) is 4.53. The third kappa shape index (κ3) is 3.42. The molecule has 24 heavy (non-hydrogen) atoms. The van der Waals surface area contributed by atoms with Crippen molar-refractivity contribution < 1.29 is 9.59 Å². The monoisotopic (exact) mass is 364 g/mol. The minimum atomic E-state index is -0.0571. The first-order valence-electron chi connectivity index (χ1n) is 7.75. The Kier molecular flexibility index (Phi) is 5.11. The average Bonchev–Trinajstić information content (AvgIpc) is 3.09. The Morgan fingerprint density at radius 3 is 2.46 bits per heavy atom. The lowest BCUT2D eigenvalue weighted by atomic mass is 10.1. The van der Waals surface area contributed by atoms with Crippen LogP contribution in [-0.4, -0.2) is 57.4 Å². The molecule has 2 aromatic rings. The fraction of sp³-hybridized carbons (Fsp3) is 0.375. The molecule has 126 valence electrons. The summed E-state index contributed by atoms with van der Waals surface area (Å²) in [6.45, 7) is 3.98. The Bertz CT molecular complexity index is 756. The number of benzene rings is 1. The molecule has 1 aliphatic rings. The molecule has 3 rings (SSSR count). The van der Waals surface area contributed by atoms with E-state index in [0.717, 1.165) is 17.2 Å². The van der Waals surface area contributed by atoms with Crippen molar-refractivity contribution in [2.75, 3.05) is 26.2 Å². The smallest absolute Gasteiger partial charge is 0.267 e. The molecule has 0 aliphatic carbocycles. The van der Waals surface area contributed by atoms with Crippen LogP contribution in [0, 0.1) is 0 Å². The zero-order valence-electron chi connectivity index (χ0n) is 13.2. The highest BCUT2D eigenvalue weighted by atomic mass is 35.5. The molecule has 2 heterocycles. The van der Waals surface area contributed by atoms with E-state index in [0.29, 0.717) is 48.1 Å². The molecule has 0 unspecified atom stereocenters. The van der Waals surface area contributed by atoms with Crippen molar-refractivity contribution in [3.8, 4) is 0 Å². The lowest BCUT2D eigenvalue weighted by molar-refractivity contribution is 0.0537. The summed E-state index contributed by atoms with van der Waals surface area (Å²) in [5.41, 5.74) is 1.31. The Hall–Kier alpha value is -1.99. The van der Waals surface area contributed by atoms with Gasteiger partial charge in [0, 0.05) is 36.8 Å². The molecule has 0 saturated carbocycles. The predicted octanol–water partition coefficient (Wildman–Crippen LogP) is 2.35. The Morgan fingerprint density at radius 2 is 1.83 bits per heavy atom. The van der Waals surface area contributed by atoms with E-state index in [2.05, 4.69) is 9.59 Å². The number of halogens is 1. The molecular weight excluding hydrogens is 348 g/mol. The van der Waals surface area contributed by atoms with E-state index in [-0.39, 0.29) is 11.8 Å². The number of amides is 2. The van der Waals surface area contributed by atoms with Gasteiger partial charge in [-0.1, -0.05) is 29.1 Å². The number of hydrogen-bond donors (Lipinski definition) is 0. The van der Waals surface area contributed by atoms with Crippen molar-refractivity contribution >= 4 is 34.9 Å². The molecule has 1 fully saturated rings. The van der Waals surface area contributed by atoms with E-state index in [1.165, 1.54) is 0 Å². The number of carbonyl (C=O) groups is 2. The van der Waals surface area contributed by atoms with Gasteiger partial charge in [-0.25, -0.2) is 0 Å². The lowest BCUT2D eigenvalue weighted by Crippen LogP contribution is -2.50. The summed E-state index contributed by atoms with van der Waals surface area (Å²) in [7, 11) is 0. The highest BCUT2D eigenvalue weighted by Gasteiger charge is 2.27. The molecule has 1 aromatic heterocycles. The lowest BCUT2D eigenvalue weighted by Gasteiger charge is -2.34. The van der Waals surface area contributed by atoms with E-state index in [4.69, 9.17) is 11.6 Å². The van der Waals surface area contributed by atoms with Crippen molar-refractivity contribution in [3.05, 3.63) is 45.4 Å². The molecule has 6 nitrogen and oxygen atoms in total. The highest BCUT2D eigenvalue weighted by Crippen LogP contribution is 2.17. The highest BCUT2D eigenvalue weighted by molar-refractivity contribution is 7.08. The number of piperazine rings is 1. The van der Waals surface area contributed by atoms with Crippen LogP contribution in [0.5, 0.6) is 0 Å². The second-order valence-corrected chi connectivity index (χ2v) is 6.69. The number of nitrogens with zero attached hydrogens (tertiary/aromatic N) is 4. The van der Waals surface area contributed by atoms with Gasteiger partial charge in [0.25, 0.3) is 11.8 Å². The van der Waals surface area contributed by atoms with Crippen molar-refractivity contribution in [1.82, 2.24) is 19.4 Å². The number of carbonyl (C=O) groups excluding carboxylic acids is 2. The van der Waals surface area contributed by atoms with Gasteiger partial charge in [-0.05, 0) is 36.2 Å². The summed E-state index contributed by atoms with van der Waals surface area (Å²) in [4.78, 5) is 29.2. The number of aromatic nitrogens is 2. The van der Waals surface area contributed by atoms with Crippen LogP contribution in [-0.2, 0) is 6.42 Å². The quantitative estimate of drug-likeness (QED) is 0.838. The van der Waals surface area contributed by atoms with Gasteiger partial charge in [-0.2, -0.15) is 0 Å². The van der Waals surface area contributed by atoms with Crippen LogP contribution in [0.4, 0.5) is 0 Å². The van der Waals surface area contributed by atoms with Gasteiger partial charge in [0.15, 0.2) is 0 Å². The second-order valence-electron chi connectivity index (χ2n) is 5.50. The summed E-state index contributed by atoms with van der Waals surface area (Å²) >= 11 is 7.08. The molecule has 2 amide bonds. The zero-order valence-corrected chi connectivity index (χ0v) is 14.8. The SMILES string of the molecule is CCc1nnsc1C(=O)N1CCN(C(=O)c2cccc(Cl)c2)CC1. The number of aryl methyl sites for hydroxylation is 1. The molecule has 8 heteroatoms. The third-order valence-electron chi connectivity index (χ3n) is 4.01. The minimum absolute atomic E-state index is 0.0447. The van der Waals surface area contributed by atoms with Crippen molar-refractivity contribution in [2.24, 2.45) is 0 Å². The number of hydrogen-bond acceptors (Lipinski definition) is 5. The van der Waals surface area contributed by atoms with E-state index < -0.39 is 0 Å². The summed E-state index contributed by atoms with van der Waals surface area (Å²) in [6, 6.07) is 6.92. The predicted molar refractivity (Wildman–Crippen MR) is 92.5 cm³/mol. The standard InChI is InChI=1S/C16H17ClN4O2S/c1-2-13-14(24-19-18-13)16(23)21-8-6-20(7-9-21)15(22)11-4-3-5-12(17)10-11/h3-5,10H,2,6-9H2,1H3. The van der Waals surface area contributed by atoms with Gasteiger partial charge in [0.1, 0.15) is 4.88 Å². The normalized spacial score (nSPS) is 14.8. The van der Waals surface area contributed by atoms with E-state index in [9.17, 15) is 9.59 Å². The topological polar surface area (TPSA) is 66.4 Å². The van der Waals surface area contributed by atoms with Crippen molar-refractivity contribution in [1.29, 1.82) is 0 Å². The molecule has 1 aromatic carbocycles. The maximum absolute atomic E-state index is 12.6. The Morgan fingerprint density at radius 1 is 1.17 bits per heavy atom. The maximum Gasteiger partial charge on any atom is 0.267 e. The fourth-order valence-electron chi connectivity index (χ4n) is 2.66. The maximum atomic E-state index is 12.6. The minimum Gasteiger partial charge on any atom is -0.335 e. The molecule has 0 atom stereocenters. The van der Waals surface area contributed by atoms with Crippen LogP contribution in [0.25, 0.3) is 0 Å². The van der Waals surface area contributed by atoms with E-state index >= 15 is 0 Å². The Balaban J connectivity index is 1.63. The molecule has 0 spiro atoms. The van der Waals surface area contributed by atoms with Crippen LogP contribution in [0.3, 0.4) is 0 Å². The first-order valence-corrected chi connectivity index (χ1v) is 8.90. The summed E-state index contributed by atoms with van der Waals surface area (Å²) in [6.07, 6.45) is 0.685.